The number of imidazole rings is 1. The molecule has 2 aromatic heterocycles. The van der Waals surface area contributed by atoms with Gasteiger partial charge in [-0.15, -0.1) is 0 Å². The van der Waals surface area contributed by atoms with Crippen molar-refractivity contribution in [2.45, 2.75) is 6.54 Å². The number of hydrogen-bond acceptors (Lipinski definition) is 5. The van der Waals surface area contributed by atoms with Gasteiger partial charge in [0.25, 0.3) is 5.69 Å². The number of nitrogens with one attached hydrogen (secondary N) is 1. The van der Waals surface area contributed by atoms with E-state index in [1.165, 1.54) is 6.07 Å². The van der Waals surface area contributed by atoms with E-state index in [2.05, 4.69) is 15.3 Å². The Labute approximate surface area is 132 Å². The molecule has 3 rings (SSSR count). The highest BCUT2D eigenvalue weighted by Crippen LogP contribution is 2.29. The molecular formula is C16H15N5O2. The first-order valence-electron chi connectivity index (χ1n) is 7.14. The number of rotatable bonds is 6. The average molecular weight is 309 g/mol. The lowest BCUT2D eigenvalue weighted by Gasteiger charge is -2.08. The molecule has 7 heteroatoms. The molecule has 0 radical (unpaired) electrons. The summed E-state index contributed by atoms with van der Waals surface area (Å²) in [7, 11) is 0. The number of anilines is 1. The standard InChI is InChI=1S/C16H15N5O2/c22-21(23)14-6-7-15(18-9-11-20-10-8-17-12-20)19-16(14)13-4-2-1-3-5-13/h1-8,10,12H,9,11H2,(H,18,19). The van der Waals surface area contributed by atoms with Crippen LogP contribution in [0.1, 0.15) is 0 Å². The topological polar surface area (TPSA) is 85.9 Å². The van der Waals surface area contributed by atoms with Gasteiger partial charge in [-0.1, -0.05) is 30.3 Å². The summed E-state index contributed by atoms with van der Waals surface area (Å²) in [5.41, 5.74) is 1.08. The third-order valence-corrected chi connectivity index (χ3v) is 3.35. The summed E-state index contributed by atoms with van der Waals surface area (Å²) < 4.78 is 1.94. The molecule has 0 unspecified atom stereocenters. The van der Waals surface area contributed by atoms with E-state index in [-0.39, 0.29) is 5.69 Å². The predicted octanol–water partition coefficient (Wildman–Crippen LogP) is 2.97. The van der Waals surface area contributed by atoms with Crippen molar-refractivity contribution in [3.05, 3.63) is 71.3 Å². The van der Waals surface area contributed by atoms with Crippen LogP contribution < -0.4 is 5.32 Å². The second-order valence-corrected chi connectivity index (χ2v) is 4.91. The van der Waals surface area contributed by atoms with E-state index < -0.39 is 4.92 Å². The molecule has 0 bridgehead atoms. The van der Waals surface area contributed by atoms with Crippen molar-refractivity contribution in [3.8, 4) is 11.3 Å². The van der Waals surface area contributed by atoms with Crippen LogP contribution in [-0.4, -0.2) is 26.0 Å². The molecule has 0 spiro atoms. The minimum Gasteiger partial charge on any atom is -0.368 e. The number of nitro groups is 1. The minimum atomic E-state index is -0.412. The van der Waals surface area contributed by atoms with Crippen LogP contribution in [0.5, 0.6) is 0 Å². The van der Waals surface area contributed by atoms with E-state index in [4.69, 9.17) is 0 Å². The molecule has 2 heterocycles. The molecule has 0 aliphatic carbocycles. The van der Waals surface area contributed by atoms with Gasteiger partial charge in [-0.3, -0.25) is 10.1 Å². The number of hydrogen-bond donors (Lipinski definition) is 1. The molecule has 3 aromatic rings. The summed E-state index contributed by atoms with van der Waals surface area (Å²) >= 11 is 0. The van der Waals surface area contributed by atoms with Gasteiger partial charge in [0.2, 0.25) is 0 Å². The van der Waals surface area contributed by atoms with Gasteiger partial charge < -0.3 is 9.88 Å². The molecule has 0 atom stereocenters. The highest BCUT2D eigenvalue weighted by molar-refractivity contribution is 5.71. The minimum absolute atomic E-state index is 0.00337. The summed E-state index contributed by atoms with van der Waals surface area (Å²) in [4.78, 5) is 19.2. The molecule has 116 valence electrons. The van der Waals surface area contributed by atoms with Crippen LogP contribution in [0.15, 0.2) is 61.2 Å². The molecular weight excluding hydrogens is 294 g/mol. The lowest BCUT2D eigenvalue weighted by atomic mass is 10.1. The number of nitrogens with zero attached hydrogens (tertiary/aromatic N) is 4. The van der Waals surface area contributed by atoms with E-state index in [0.717, 1.165) is 12.1 Å². The van der Waals surface area contributed by atoms with E-state index in [0.29, 0.717) is 18.1 Å². The predicted molar refractivity (Wildman–Crippen MR) is 87.0 cm³/mol. The smallest absolute Gasteiger partial charge is 0.295 e. The Kier molecular flexibility index (Phi) is 4.28. The van der Waals surface area contributed by atoms with E-state index in [1.54, 1.807) is 18.6 Å². The monoisotopic (exact) mass is 309 g/mol. The van der Waals surface area contributed by atoms with Crippen LogP contribution in [0.25, 0.3) is 11.3 Å². The van der Waals surface area contributed by atoms with Gasteiger partial charge in [0.05, 0.1) is 11.3 Å². The van der Waals surface area contributed by atoms with Gasteiger partial charge in [-0.25, -0.2) is 9.97 Å². The Bertz CT molecular complexity index is 787. The van der Waals surface area contributed by atoms with E-state index in [9.17, 15) is 10.1 Å². The fourth-order valence-electron chi connectivity index (χ4n) is 2.24. The largest absolute Gasteiger partial charge is 0.368 e. The van der Waals surface area contributed by atoms with Crippen LogP contribution in [0.2, 0.25) is 0 Å². The Morgan fingerprint density at radius 2 is 2.00 bits per heavy atom. The summed E-state index contributed by atoms with van der Waals surface area (Å²) in [6, 6.07) is 12.3. The van der Waals surface area contributed by atoms with E-state index >= 15 is 0 Å². The third kappa shape index (κ3) is 3.52. The lowest BCUT2D eigenvalue weighted by Crippen LogP contribution is -2.10. The van der Waals surface area contributed by atoms with Crippen LogP contribution in [0.4, 0.5) is 11.5 Å². The van der Waals surface area contributed by atoms with Gasteiger partial charge >= 0.3 is 0 Å². The van der Waals surface area contributed by atoms with Gasteiger partial charge in [0.15, 0.2) is 5.69 Å². The van der Waals surface area contributed by atoms with Gasteiger partial charge in [-0.05, 0) is 6.07 Å². The maximum Gasteiger partial charge on any atom is 0.295 e. The van der Waals surface area contributed by atoms with Crippen LogP contribution in [0, 0.1) is 10.1 Å². The zero-order valence-corrected chi connectivity index (χ0v) is 12.3. The molecule has 0 aliphatic heterocycles. The zero-order chi connectivity index (χ0) is 16.1. The SMILES string of the molecule is O=[N+]([O-])c1ccc(NCCn2ccnc2)nc1-c1ccccc1. The van der Waals surface area contributed by atoms with Crippen molar-refractivity contribution < 1.29 is 4.92 Å². The van der Waals surface area contributed by atoms with Gasteiger partial charge in [-0.2, -0.15) is 0 Å². The second kappa shape index (κ2) is 6.69. The molecule has 23 heavy (non-hydrogen) atoms. The van der Waals surface area contributed by atoms with Gasteiger partial charge in [0.1, 0.15) is 5.82 Å². The molecule has 0 saturated heterocycles. The maximum atomic E-state index is 11.2. The number of benzene rings is 1. The molecule has 0 amide bonds. The van der Waals surface area contributed by atoms with Gasteiger partial charge in [0, 0.05) is 37.1 Å². The first kappa shape index (κ1) is 14.7. The lowest BCUT2D eigenvalue weighted by molar-refractivity contribution is -0.384. The van der Waals surface area contributed by atoms with E-state index in [1.807, 2.05) is 41.1 Å². The zero-order valence-electron chi connectivity index (χ0n) is 12.3. The molecule has 7 nitrogen and oxygen atoms in total. The molecule has 1 N–H and O–H groups in total. The summed E-state index contributed by atoms with van der Waals surface area (Å²) in [5.74, 6) is 0.606. The normalized spacial score (nSPS) is 10.4. The quantitative estimate of drug-likeness (QED) is 0.559. The Morgan fingerprint density at radius 1 is 1.17 bits per heavy atom. The fourth-order valence-corrected chi connectivity index (χ4v) is 2.24. The van der Waals surface area contributed by atoms with Crippen molar-refractivity contribution in [1.29, 1.82) is 0 Å². The first-order valence-corrected chi connectivity index (χ1v) is 7.14. The maximum absolute atomic E-state index is 11.2. The molecule has 0 aliphatic rings. The van der Waals surface area contributed by atoms with Crippen molar-refractivity contribution in [3.63, 3.8) is 0 Å². The third-order valence-electron chi connectivity index (χ3n) is 3.35. The highest BCUT2D eigenvalue weighted by atomic mass is 16.6. The van der Waals surface area contributed by atoms with Crippen LogP contribution >= 0.6 is 0 Å². The van der Waals surface area contributed by atoms with Crippen molar-refractivity contribution >= 4 is 11.5 Å². The number of pyridine rings is 1. The van der Waals surface area contributed by atoms with Crippen molar-refractivity contribution in [2.24, 2.45) is 0 Å². The highest BCUT2D eigenvalue weighted by Gasteiger charge is 2.17. The summed E-state index contributed by atoms with van der Waals surface area (Å²) in [5, 5.41) is 14.4. The fraction of sp³-hybridized carbons (Fsp3) is 0.125. The Morgan fingerprint density at radius 3 is 2.70 bits per heavy atom. The average Bonchev–Trinajstić information content (AvgIpc) is 3.09. The van der Waals surface area contributed by atoms with Crippen molar-refractivity contribution in [1.82, 2.24) is 14.5 Å². The Balaban J connectivity index is 1.81. The summed E-state index contributed by atoms with van der Waals surface area (Å²) in [6.45, 7) is 1.38. The van der Waals surface area contributed by atoms with Crippen LogP contribution in [0.3, 0.4) is 0 Å². The van der Waals surface area contributed by atoms with Crippen LogP contribution in [-0.2, 0) is 6.54 Å². The van der Waals surface area contributed by atoms with Crippen molar-refractivity contribution in [2.75, 3.05) is 11.9 Å². The summed E-state index contributed by atoms with van der Waals surface area (Å²) in [6.07, 6.45) is 5.33. The molecule has 0 saturated carbocycles. The number of aromatic nitrogens is 3. The Hall–Kier alpha value is -3.22. The second-order valence-electron chi connectivity index (χ2n) is 4.91. The molecule has 0 fully saturated rings. The first-order chi connectivity index (χ1) is 11.2. The molecule has 1 aromatic carbocycles.